The molecule has 3 aromatic rings. The molecule has 4 N–H and O–H groups in total. The standard InChI is InChI=1S/C16H17NO3.C10H10N2O3S/c17-15(16(18)19)10-12-6-8-14(9-7-12)20-11-13-4-2-1-3-5-13;13-9(7-2-1-3-11-4-7)12-6-16-5-8(12)10(14)15/h1-9,15H,10-11,17H2,(H,18,19);1-4,8H,5-6H2,(H,14,15)/t15-;8-/m01/s1. The van der Waals surface area contributed by atoms with Crippen LogP contribution in [0.15, 0.2) is 79.1 Å². The third kappa shape index (κ3) is 7.82. The minimum Gasteiger partial charge on any atom is -0.489 e. The van der Waals surface area contributed by atoms with Crippen LogP contribution in [0.25, 0.3) is 0 Å². The molecule has 0 unspecified atom stereocenters. The highest BCUT2D eigenvalue weighted by Crippen LogP contribution is 2.23. The minimum absolute atomic E-state index is 0.273. The summed E-state index contributed by atoms with van der Waals surface area (Å²) in [5.74, 6) is -0.602. The van der Waals surface area contributed by atoms with E-state index in [9.17, 15) is 14.4 Å². The maximum absolute atomic E-state index is 12.0. The van der Waals surface area contributed by atoms with Gasteiger partial charge in [0.15, 0.2) is 0 Å². The quantitative estimate of drug-likeness (QED) is 0.418. The fraction of sp³-hybridized carbons (Fsp3) is 0.231. The highest BCUT2D eigenvalue weighted by atomic mass is 32.2. The van der Waals surface area contributed by atoms with Crippen molar-refractivity contribution in [3.8, 4) is 5.75 Å². The molecule has 0 spiro atoms. The molecular formula is C26H27N3O6S. The number of aromatic nitrogens is 1. The van der Waals surface area contributed by atoms with Gasteiger partial charge in [0.05, 0.1) is 11.4 Å². The highest BCUT2D eigenvalue weighted by molar-refractivity contribution is 7.99. The average Bonchev–Trinajstić information content (AvgIpc) is 3.40. The third-order valence-electron chi connectivity index (χ3n) is 5.28. The molecule has 2 aromatic carbocycles. The van der Waals surface area contributed by atoms with Crippen LogP contribution in [-0.2, 0) is 22.6 Å². The molecule has 1 aromatic heterocycles. The van der Waals surface area contributed by atoms with Crippen molar-refractivity contribution in [3.05, 3.63) is 95.8 Å². The van der Waals surface area contributed by atoms with Gasteiger partial charge in [0.2, 0.25) is 0 Å². The van der Waals surface area contributed by atoms with Crippen LogP contribution in [0.5, 0.6) is 5.75 Å². The number of thioether (sulfide) groups is 1. The Morgan fingerprint density at radius 2 is 1.75 bits per heavy atom. The predicted octanol–water partition coefficient (Wildman–Crippen LogP) is 2.90. The number of carbonyl (C=O) groups is 3. The number of nitrogens with two attached hydrogens (primary N) is 1. The molecule has 1 saturated heterocycles. The van der Waals surface area contributed by atoms with Gasteiger partial charge in [-0.2, -0.15) is 0 Å². The highest BCUT2D eigenvalue weighted by Gasteiger charge is 2.34. The van der Waals surface area contributed by atoms with Crippen LogP contribution in [0.1, 0.15) is 21.5 Å². The first kappa shape index (κ1) is 26.7. The van der Waals surface area contributed by atoms with Gasteiger partial charge in [0, 0.05) is 18.1 Å². The van der Waals surface area contributed by atoms with Gasteiger partial charge in [-0.3, -0.25) is 14.6 Å². The number of pyridine rings is 1. The second-order valence-corrected chi connectivity index (χ2v) is 8.94. The average molecular weight is 510 g/mol. The van der Waals surface area contributed by atoms with Crippen molar-refractivity contribution < 1.29 is 29.3 Å². The number of carbonyl (C=O) groups excluding carboxylic acids is 1. The van der Waals surface area contributed by atoms with E-state index in [1.54, 1.807) is 18.3 Å². The van der Waals surface area contributed by atoms with Gasteiger partial charge in [-0.05, 0) is 41.8 Å². The van der Waals surface area contributed by atoms with E-state index in [2.05, 4.69) is 4.98 Å². The van der Waals surface area contributed by atoms with Gasteiger partial charge in [0.1, 0.15) is 24.4 Å². The van der Waals surface area contributed by atoms with Gasteiger partial charge in [-0.1, -0.05) is 42.5 Å². The minimum atomic E-state index is -0.991. The van der Waals surface area contributed by atoms with Crippen LogP contribution in [-0.4, -0.2) is 61.7 Å². The van der Waals surface area contributed by atoms with E-state index in [1.165, 1.54) is 22.9 Å². The predicted molar refractivity (Wildman–Crippen MR) is 136 cm³/mol. The van der Waals surface area contributed by atoms with Crippen LogP contribution in [0.2, 0.25) is 0 Å². The Morgan fingerprint density at radius 1 is 1.03 bits per heavy atom. The number of carboxylic acid groups (broad SMARTS) is 2. The number of ether oxygens (including phenoxy) is 1. The summed E-state index contributed by atoms with van der Waals surface area (Å²) < 4.78 is 5.65. The summed E-state index contributed by atoms with van der Waals surface area (Å²) >= 11 is 1.45. The molecule has 0 aliphatic carbocycles. The SMILES string of the molecule is N[C@@H](Cc1ccc(OCc2ccccc2)cc1)C(=O)O.O=C(O)[C@H]1CSCN1C(=O)c1cccnc1. The lowest BCUT2D eigenvalue weighted by Gasteiger charge is -2.20. The van der Waals surface area contributed by atoms with E-state index in [-0.39, 0.29) is 5.91 Å². The number of aliphatic carboxylic acids is 2. The number of hydrogen-bond acceptors (Lipinski definition) is 7. The van der Waals surface area contributed by atoms with E-state index >= 15 is 0 Å². The lowest BCUT2D eigenvalue weighted by atomic mass is 10.1. The largest absolute Gasteiger partial charge is 0.489 e. The third-order valence-corrected chi connectivity index (χ3v) is 6.29. The van der Waals surface area contributed by atoms with Crippen molar-refractivity contribution in [3.63, 3.8) is 0 Å². The zero-order chi connectivity index (χ0) is 25.9. The van der Waals surface area contributed by atoms with Crippen LogP contribution in [0, 0.1) is 0 Å². The summed E-state index contributed by atoms with van der Waals surface area (Å²) in [7, 11) is 0. The fourth-order valence-electron chi connectivity index (χ4n) is 3.31. The molecule has 0 bridgehead atoms. The molecule has 0 saturated carbocycles. The Morgan fingerprint density at radius 3 is 2.36 bits per heavy atom. The van der Waals surface area contributed by atoms with Crippen LogP contribution < -0.4 is 10.5 Å². The second-order valence-electron chi connectivity index (χ2n) is 7.94. The normalized spacial score (nSPS) is 15.4. The molecule has 0 radical (unpaired) electrons. The van der Waals surface area contributed by atoms with Gasteiger partial charge < -0.3 is 25.6 Å². The lowest BCUT2D eigenvalue weighted by molar-refractivity contribution is -0.141. The summed E-state index contributed by atoms with van der Waals surface area (Å²) in [5, 5.41) is 17.7. The summed E-state index contributed by atoms with van der Waals surface area (Å²) in [6.07, 6.45) is 3.34. The summed E-state index contributed by atoms with van der Waals surface area (Å²) in [4.78, 5) is 38.8. The van der Waals surface area contributed by atoms with Crippen molar-refractivity contribution in [1.29, 1.82) is 0 Å². The monoisotopic (exact) mass is 509 g/mol. The van der Waals surface area contributed by atoms with Crippen LogP contribution in [0.4, 0.5) is 0 Å². The van der Waals surface area contributed by atoms with Crippen LogP contribution >= 0.6 is 11.8 Å². The van der Waals surface area contributed by atoms with Crippen molar-refractivity contribution in [2.75, 3.05) is 11.6 Å². The molecule has 1 aliphatic heterocycles. The van der Waals surface area contributed by atoms with Crippen molar-refractivity contribution in [2.24, 2.45) is 5.73 Å². The first-order valence-electron chi connectivity index (χ1n) is 11.1. The summed E-state index contributed by atoms with van der Waals surface area (Å²) in [6, 6.07) is 18.9. The smallest absolute Gasteiger partial charge is 0.327 e. The number of benzene rings is 2. The molecular weight excluding hydrogens is 482 g/mol. The number of carboxylic acids is 2. The molecule has 2 heterocycles. The van der Waals surface area contributed by atoms with E-state index in [0.717, 1.165) is 16.9 Å². The lowest BCUT2D eigenvalue weighted by Crippen LogP contribution is -2.41. The molecule has 1 amide bonds. The summed E-state index contributed by atoms with van der Waals surface area (Å²) in [5.41, 5.74) is 7.90. The molecule has 10 heteroatoms. The Balaban J connectivity index is 0.000000205. The van der Waals surface area contributed by atoms with Gasteiger partial charge in [-0.15, -0.1) is 11.8 Å². The first-order chi connectivity index (χ1) is 17.3. The van der Waals surface area contributed by atoms with E-state index in [4.69, 9.17) is 20.7 Å². The molecule has 36 heavy (non-hydrogen) atoms. The number of nitrogens with zero attached hydrogens (tertiary/aromatic N) is 2. The number of rotatable bonds is 8. The second kappa shape index (κ2) is 13.3. The van der Waals surface area contributed by atoms with E-state index in [1.807, 2.05) is 54.6 Å². The topological polar surface area (TPSA) is 143 Å². The van der Waals surface area contributed by atoms with E-state index in [0.29, 0.717) is 30.2 Å². The Labute approximate surface area is 212 Å². The maximum Gasteiger partial charge on any atom is 0.327 e. The number of amides is 1. The zero-order valence-corrected chi connectivity index (χ0v) is 20.2. The number of hydrogen-bond donors (Lipinski definition) is 3. The molecule has 4 rings (SSSR count). The molecule has 1 fully saturated rings. The molecule has 9 nitrogen and oxygen atoms in total. The first-order valence-corrected chi connectivity index (χ1v) is 12.3. The van der Waals surface area contributed by atoms with Crippen molar-refractivity contribution >= 4 is 29.6 Å². The van der Waals surface area contributed by atoms with E-state index < -0.39 is 24.0 Å². The Bertz CT molecular complexity index is 1150. The zero-order valence-electron chi connectivity index (χ0n) is 19.4. The van der Waals surface area contributed by atoms with Crippen molar-refractivity contribution in [1.82, 2.24) is 9.88 Å². The van der Waals surface area contributed by atoms with Crippen molar-refractivity contribution in [2.45, 2.75) is 25.1 Å². The maximum atomic E-state index is 12.0. The van der Waals surface area contributed by atoms with Gasteiger partial charge in [0.25, 0.3) is 5.91 Å². The Hall–Kier alpha value is -3.89. The van der Waals surface area contributed by atoms with Crippen LogP contribution in [0.3, 0.4) is 0 Å². The Kier molecular flexibility index (Phi) is 9.84. The summed E-state index contributed by atoms with van der Waals surface area (Å²) in [6.45, 7) is 0.509. The van der Waals surface area contributed by atoms with Gasteiger partial charge >= 0.3 is 11.9 Å². The fourth-order valence-corrected chi connectivity index (χ4v) is 4.45. The molecule has 2 atom stereocenters. The molecule has 1 aliphatic rings. The molecule has 188 valence electrons. The van der Waals surface area contributed by atoms with Gasteiger partial charge in [-0.25, -0.2) is 4.79 Å².